The third-order valence-electron chi connectivity index (χ3n) is 3.36. The molecule has 0 spiro atoms. The molecular formula is C10H23N3O2S. The fourth-order valence-corrected chi connectivity index (χ4v) is 3.45. The minimum atomic E-state index is -3.23. The molecule has 0 aromatic carbocycles. The largest absolute Gasteiger partial charge is 0.329 e. The second kappa shape index (κ2) is 5.44. The van der Waals surface area contributed by atoms with Crippen molar-refractivity contribution in [2.75, 3.05) is 33.7 Å². The molecule has 2 N–H and O–H groups in total. The van der Waals surface area contributed by atoms with Crippen LogP contribution in [0.4, 0.5) is 0 Å². The normalized spacial score (nSPS) is 25.9. The Morgan fingerprint density at radius 3 is 2.69 bits per heavy atom. The quantitative estimate of drug-likeness (QED) is 0.742. The molecule has 0 aromatic rings. The maximum absolute atomic E-state index is 12.1. The van der Waals surface area contributed by atoms with Gasteiger partial charge in [-0.1, -0.05) is 0 Å². The van der Waals surface area contributed by atoms with Gasteiger partial charge in [0, 0.05) is 26.2 Å². The van der Waals surface area contributed by atoms with Gasteiger partial charge < -0.3 is 10.6 Å². The molecule has 0 aliphatic carbocycles. The van der Waals surface area contributed by atoms with Gasteiger partial charge in [-0.15, -0.1) is 0 Å². The van der Waals surface area contributed by atoms with Gasteiger partial charge in [0.2, 0.25) is 10.0 Å². The maximum atomic E-state index is 12.1. The van der Waals surface area contributed by atoms with E-state index in [1.165, 1.54) is 4.31 Å². The van der Waals surface area contributed by atoms with E-state index in [1.54, 1.807) is 14.0 Å². The predicted molar refractivity (Wildman–Crippen MR) is 65.7 cm³/mol. The van der Waals surface area contributed by atoms with Crippen molar-refractivity contribution in [1.29, 1.82) is 0 Å². The van der Waals surface area contributed by atoms with E-state index in [1.807, 2.05) is 7.05 Å². The molecule has 0 radical (unpaired) electrons. The van der Waals surface area contributed by atoms with Gasteiger partial charge >= 0.3 is 0 Å². The molecule has 16 heavy (non-hydrogen) atoms. The zero-order valence-corrected chi connectivity index (χ0v) is 11.2. The minimum Gasteiger partial charge on any atom is -0.329 e. The van der Waals surface area contributed by atoms with Crippen molar-refractivity contribution in [1.82, 2.24) is 9.21 Å². The Hall–Kier alpha value is -0.170. The van der Waals surface area contributed by atoms with E-state index in [4.69, 9.17) is 5.73 Å². The Kier molecular flexibility index (Phi) is 4.73. The number of nitrogens with zero attached hydrogens (tertiary/aromatic N) is 2. The number of hydrogen-bond acceptors (Lipinski definition) is 4. The Morgan fingerprint density at radius 1 is 1.56 bits per heavy atom. The number of nitrogens with two attached hydrogens (primary N) is 1. The van der Waals surface area contributed by atoms with Gasteiger partial charge in [-0.2, -0.15) is 0 Å². The van der Waals surface area contributed by atoms with Gasteiger partial charge in [-0.25, -0.2) is 12.7 Å². The molecule has 0 saturated carbocycles. The highest BCUT2D eigenvalue weighted by Crippen LogP contribution is 2.18. The minimum absolute atomic E-state index is 0.0951. The summed E-state index contributed by atoms with van der Waals surface area (Å²) in [6, 6.07) is 0.0951. The summed E-state index contributed by atoms with van der Waals surface area (Å²) >= 11 is 0. The summed E-state index contributed by atoms with van der Waals surface area (Å²) in [5.41, 5.74) is 5.44. The van der Waals surface area contributed by atoms with Crippen LogP contribution in [-0.2, 0) is 10.0 Å². The first-order valence-electron chi connectivity index (χ1n) is 5.75. The number of likely N-dealkylation sites (N-methyl/N-ethyl adjacent to an activating group) is 2. The number of piperidine rings is 1. The van der Waals surface area contributed by atoms with Gasteiger partial charge in [0.25, 0.3) is 0 Å². The molecule has 1 heterocycles. The lowest BCUT2D eigenvalue weighted by atomic mass is 10.1. The van der Waals surface area contributed by atoms with E-state index in [0.29, 0.717) is 0 Å². The van der Waals surface area contributed by atoms with Gasteiger partial charge in [0.15, 0.2) is 0 Å². The molecule has 0 bridgehead atoms. The Labute approximate surface area is 98.6 Å². The van der Waals surface area contributed by atoms with Gasteiger partial charge in [-0.05, 0) is 33.4 Å². The summed E-state index contributed by atoms with van der Waals surface area (Å²) in [7, 11) is 0.468. The van der Waals surface area contributed by atoms with Crippen molar-refractivity contribution in [2.24, 2.45) is 5.73 Å². The summed E-state index contributed by atoms with van der Waals surface area (Å²) in [5.74, 6) is 0. The van der Waals surface area contributed by atoms with E-state index in [0.717, 1.165) is 25.9 Å². The molecule has 1 rings (SSSR count). The highest BCUT2D eigenvalue weighted by molar-refractivity contribution is 7.89. The molecule has 2 unspecified atom stereocenters. The Morgan fingerprint density at radius 2 is 2.19 bits per heavy atom. The van der Waals surface area contributed by atoms with E-state index in [9.17, 15) is 8.42 Å². The molecule has 6 heteroatoms. The van der Waals surface area contributed by atoms with Crippen LogP contribution in [0.3, 0.4) is 0 Å². The average Bonchev–Trinajstić information content (AvgIpc) is 2.26. The van der Waals surface area contributed by atoms with Crippen LogP contribution < -0.4 is 5.73 Å². The van der Waals surface area contributed by atoms with Crippen molar-refractivity contribution in [3.8, 4) is 0 Å². The summed E-state index contributed by atoms with van der Waals surface area (Å²) in [5, 5.41) is -0.496. The molecule has 0 aromatic heterocycles. The highest BCUT2D eigenvalue weighted by Gasteiger charge is 2.32. The van der Waals surface area contributed by atoms with E-state index >= 15 is 0 Å². The van der Waals surface area contributed by atoms with Crippen molar-refractivity contribution >= 4 is 10.0 Å². The second-order valence-corrected chi connectivity index (χ2v) is 7.08. The molecule has 96 valence electrons. The van der Waals surface area contributed by atoms with Crippen LogP contribution in [0.5, 0.6) is 0 Å². The molecule has 1 aliphatic heterocycles. The molecule has 1 aliphatic rings. The number of likely N-dealkylation sites (tertiary alicyclic amines) is 1. The highest BCUT2D eigenvalue weighted by atomic mass is 32.2. The number of hydrogen-bond donors (Lipinski definition) is 1. The van der Waals surface area contributed by atoms with Crippen LogP contribution in [0.1, 0.15) is 19.8 Å². The standard InChI is InChI=1S/C10H23N3O2S/c1-9(7-11)16(14,15)13(3)10-5-4-6-12(2)8-10/h9-10H,4-8,11H2,1-3H3. The topological polar surface area (TPSA) is 66.6 Å². The first-order valence-corrected chi connectivity index (χ1v) is 7.25. The van der Waals surface area contributed by atoms with Crippen LogP contribution in [0.25, 0.3) is 0 Å². The van der Waals surface area contributed by atoms with Crippen LogP contribution in [0, 0.1) is 0 Å². The van der Waals surface area contributed by atoms with Crippen LogP contribution in [0.2, 0.25) is 0 Å². The predicted octanol–water partition coefficient (Wildman–Crippen LogP) is -0.311. The smallest absolute Gasteiger partial charge is 0.217 e. The molecule has 0 amide bonds. The fourth-order valence-electron chi connectivity index (χ4n) is 2.05. The van der Waals surface area contributed by atoms with Crippen LogP contribution in [-0.4, -0.2) is 62.6 Å². The van der Waals surface area contributed by atoms with Crippen molar-refractivity contribution in [2.45, 2.75) is 31.1 Å². The Bertz CT molecular complexity index is 318. The Balaban J connectivity index is 2.73. The molecule has 1 saturated heterocycles. The molecule has 5 nitrogen and oxygen atoms in total. The average molecular weight is 249 g/mol. The van der Waals surface area contributed by atoms with Crippen LogP contribution in [0.15, 0.2) is 0 Å². The third-order valence-corrected chi connectivity index (χ3v) is 5.67. The summed E-state index contributed by atoms with van der Waals surface area (Å²) in [6.45, 7) is 3.71. The lowest BCUT2D eigenvalue weighted by molar-refractivity contribution is 0.187. The third kappa shape index (κ3) is 2.94. The van der Waals surface area contributed by atoms with Gasteiger partial charge in [-0.3, -0.25) is 0 Å². The van der Waals surface area contributed by atoms with Crippen molar-refractivity contribution in [3.05, 3.63) is 0 Å². The fraction of sp³-hybridized carbons (Fsp3) is 1.00. The monoisotopic (exact) mass is 249 g/mol. The first kappa shape index (κ1) is 13.9. The zero-order chi connectivity index (χ0) is 12.3. The van der Waals surface area contributed by atoms with E-state index < -0.39 is 15.3 Å². The van der Waals surface area contributed by atoms with Gasteiger partial charge in [0.05, 0.1) is 5.25 Å². The van der Waals surface area contributed by atoms with Crippen LogP contribution >= 0.6 is 0 Å². The molecule has 1 fully saturated rings. The van der Waals surface area contributed by atoms with Crippen molar-refractivity contribution in [3.63, 3.8) is 0 Å². The van der Waals surface area contributed by atoms with Crippen molar-refractivity contribution < 1.29 is 8.42 Å². The summed E-state index contributed by atoms with van der Waals surface area (Å²) < 4.78 is 25.7. The summed E-state index contributed by atoms with van der Waals surface area (Å²) in [4.78, 5) is 2.17. The lowest BCUT2D eigenvalue weighted by Gasteiger charge is -2.36. The number of rotatable bonds is 4. The SMILES string of the molecule is CC(CN)S(=O)(=O)N(C)C1CCCN(C)C1. The zero-order valence-electron chi connectivity index (χ0n) is 10.4. The molecule has 2 atom stereocenters. The maximum Gasteiger partial charge on any atom is 0.217 e. The second-order valence-electron chi connectivity index (χ2n) is 4.67. The van der Waals surface area contributed by atoms with Gasteiger partial charge in [0.1, 0.15) is 0 Å². The first-order chi connectivity index (χ1) is 7.39. The summed E-state index contributed by atoms with van der Waals surface area (Å²) in [6.07, 6.45) is 2.00. The lowest BCUT2D eigenvalue weighted by Crippen LogP contribution is -2.50. The van der Waals surface area contributed by atoms with E-state index in [-0.39, 0.29) is 12.6 Å². The number of sulfonamides is 1. The molecular weight excluding hydrogens is 226 g/mol. The van der Waals surface area contributed by atoms with E-state index in [2.05, 4.69) is 4.90 Å².